The molecule has 0 aliphatic carbocycles. The Kier molecular flexibility index (Phi) is 25.7. The summed E-state index contributed by atoms with van der Waals surface area (Å²) in [6, 6.07) is 56.0. The van der Waals surface area contributed by atoms with Gasteiger partial charge in [-0.1, -0.05) is 209 Å². The van der Waals surface area contributed by atoms with Crippen molar-refractivity contribution in [3.05, 3.63) is 215 Å². The molecular weight excluding hydrogens is 797 g/mol. The lowest BCUT2D eigenvalue weighted by Crippen LogP contribution is -2.12. The number of aldehydes is 1. The Morgan fingerprint density at radius 1 is 0.516 bits per heavy atom. The Morgan fingerprint density at radius 2 is 0.953 bits per heavy atom. The number of hydrogen-bond donors (Lipinski definition) is 0. The Balaban J connectivity index is 0.000000228. The molecule has 0 saturated carbocycles. The van der Waals surface area contributed by atoms with Gasteiger partial charge in [0.2, 0.25) is 0 Å². The molecule has 0 spiro atoms. The summed E-state index contributed by atoms with van der Waals surface area (Å²) >= 11 is 0. The van der Waals surface area contributed by atoms with Crippen molar-refractivity contribution in [2.24, 2.45) is 5.92 Å². The molecule has 0 aromatic heterocycles. The summed E-state index contributed by atoms with van der Waals surface area (Å²) in [6.07, 6.45) is 9.70. The summed E-state index contributed by atoms with van der Waals surface area (Å²) in [5.41, 5.74) is 7.11. The highest BCUT2D eigenvalue weighted by Crippen LogP contribution is 2.14. The van der Waals surface area contributed by atoms with Crippen LogP contribution in [0.2, 0.25) is 0 Å². The van der Waals surface area contributed by atoms with Crippen molar-refractivity contribution >= 4 is 30.3 Å². The highest BCUT2D eigenvalue weighted by Gasteiger charge is 2.07. The number of aryl methyl sites for hydroxylation is 1. The fourth-order valence-electron chi connectivity index (χ4n) is 5.85. The van der Waals surface area contributed by atoms with E-state index in [9.17, 15) is 19.2 Å². The topological polar surface area (TPSA) is 96.0 Å². The molecule has 6 aromatic carbocycles. The van der Waals surface area contributed by atoms with Crippen LogP contribution in [0, 0.1) is 12.8 Å². The zero-order valence-electron chi connectivity index (χ0n) is 37.9. The first-order chi connectivity index (χ1) is 31.1. The molecule has 0 unspecified atom stereocenters. The van der Waals surface area contributed by atoms with Gasteiger partial charge in [0, 0.05) is 0 Å². The fourth-order valence-corrected chi connectivity index (χ4v) is 5.85. The molecule has 7 nitrogen and oxygen atoms in total. The van der Waals surface area contributed by atoms with Gasteiger partial charge in [0.25, 0.3) is 0 Å². The molecule has 0 aliphatic rings. The summed E-state index contributed by atoms with van der Waals surface area (Å²) in [4.78, 5) is 45.4. The molecule has 0 saturated heterocycles. The van der Waals surface area contributed by atoms with Gasteiger partial charge in [-0.15, -0.1) is 0 Å². The highest BCUT2D eigenvalue weighted by molar-refractivity contribution is 5.81. The molecule has 0 amide bonds. The van der Waals surface area contributed by atoms with Crippen LogP contribution in [0.25, 0.3) is 6.08 Å². The largest absolute Gasteiger partial charge is 0.465 e. The van der Waals surface area contributed by atoms with Gasteiger partial charge in [-0.2, -0.15) is 0 Å². The SMILES string of the molecule is CC(C)COC(=O)Cc1ccccc1.CCCCCCC(C=O)=Cc1ccccc1.Cc1ccc(OC(=O)Cc2ccccc2)cc1.O=C(Cc1ccccc1)OCc1ccccc1. The van der Waals surface area contributed by atoms with Gasteiger partial charge in [-0.25, -0.2) is 0 Å². The van der Waals surface area contributed by atoms with Crippen LogP contribution >= 0.6 is 0 Å². The van der Waals surface area contributed by atoms with Gasteiger partial charge in [0.05, 0.1) is 25.9 Å². The standard InChI is InChI=1S/2C15H14O2.C15H20O.C12H16O2/c1-12-7-9-14(10-8-12)17-15(16)11-13-5-3-2-4-6-13;16-15(11-13-7-3-1-4-8-13)17-12-14-9-5-2-6-10-14;1-2-3-4-6-11-15(13-16)12-14-9-7-5-8-10-14;1-10(2)9-14-12(13)8-11-6-4-3-5-7-11/h2-10H,11H2,1H3;1-10H,11-12H2;5,7-10,12-13H,2-4,6,11H2,1H3;3-7,10H,8-9H2,1-2H3. The second-order valence-electron chi connectivity index (χ2n) is 15.6. The van der Waals surface area contributed by atoms with E-state index < -0.39 is 0 Å². The quantitative estimate of drug-likeness (QED) is 0.0279. The third kappa shape index (κ3) is 24.5. The molecular formula is C57H64O7. The van der Waals surface area contributed by atoms with Crippen LogP contribution in [0.1, 0.15) is 86.3 Å². The maximum Gasteiger partial charge on any atom is 0.315 e. The van der Waals surface area contributed by atoms with Crippen molar-refractivity contribution < 1.29 is 33.4 Å². The van der Waals surface area contributed by atoms with E-state index in [2.05, 4.69) is 6.92 Å². The Labute approximate surface area is 381 Å². The van der Waals surface area contributed by atoms with Crippen molar-refractivity contribution in [2.45, 2.75) is 85.7 Å². The number of esters is 3. The average molecular weight is 861 g/mol. The van der Waals surface area contributed by atoms with Crippen molar-refractivity contribution in [3.8, 4) is 5.75 Å². The molecule has 0 bridgehead atoms. The van der Waals surface area contributed by atoms with Crippen molar-refractivity contribution in [1.29, 1.82) is 0 Å². The van der Waals surface area contributed by atoms with E-state index in [-0.39, 0.29) is 17.9 Å². The number of ether oxygens (including phenoxy) is 3. The fraction of sp³-hybridized carbons (Fsp3) is 0.263. The van der Waals surface area contributed by atoms with Gasteiger partial charge in [0.1, 0.15) is 18.6 Å². The molecule has 7 heteroatoms. The summed E-state index contributed by atoms with van der Waals surface area (Å²) in [5.74, 6) is 0.413. The van der Waals surface area contributed by atoms with Gasteiger partial charge in [-0.3, -0.25) is 19.2 Å². The molecule has 0 fully saturated rings. The predicted octanol–water partition coefficient (Wildman–Crippen LogP) is 12.8. The molecule has 334 valence electrons. The van der Waals surface area contributed by atoms with E-state index in [0.29, 0.717) is 44.1 Å². The van der Waals surface area contributed by atoms with Gasteiger partial charge >= 0.3 is 17.9 Å². The van der Waals surface area contributed by atoms with Crippen LogP contribution in [0.4, 0.5) is 0 Å². The van der Waals surface area contributed by atoms with E-state index in [1.54, 1.807) is 12.1 Å². The second kappa shape index (κ2) is 31.9. The maximum absolute atomic E-state index is 11.6. The summed E-state index contributed by atoms with van der Waals surface area (Å²) in [6.45, 7) is 9.08. The minimum absolute atomic E-state index is 0.148. The summed E-state index contributed by atoms with van der Waals surface area (Å²) in [7, 11) is 0. The molecule has 0 heterocycles. The van der Waals surface area contributed by atoms with E-state index in [1.807, 2.05) is 191 Å². The normalized spacial score (nSPS) is 10.4. The molecule has 64 heavy (non-hydrogen) atoms. The lowest BCUT2D eigenvalue weighted by Gasteiger charge is -2.06. The number of rotatable bonds is 18. The first kappa shape index (κ1) is 51.5. The van der Waals surface area contributed by atoms with Crippen LogP contribution in [0.5, 0.6) is 5.75 Å². The summed E-state index contributed by atoms with van der Waals surface area (Å²) in [5, 5.41) is 0. The third-order valence-corrected chi connectivity index (χ3v) is 9.27. The first-order valence-electron chi connectivity index (χ1n) is 22.1. The molecule has 0 N–H and O–H groups in total. The molecule has 6 rings (SSSR count). The Morgan fingerprint density at radius 3 is 1.41 bits per heavy atom. The van der Waals surface area contributed by atoms with Gasteiger partial charge in [-0.05, 0) is 77.3 Å². The third-order valence-electron chi connectivity index (χ3n) is 9.27. The van der Waals surface area contributed by atoms with E-state index >= 15 is 0 Å². The minimum atomic E-state index is -0.236. The minimum Gasteiger partial charge on any atom is -0.465 e. The van der Waals surface area contributed by atoms with Crippen LogP contribution in [0.15, 0.2) is 181 Å². The number of hydrogen-bond acceptors (Lipinski definition) is 7. The average Bonchev–Trinajstić information content (AvgIpc) is 3.32. The van der Waals surface area contributed by atoms with Crippen LogP contribution in [-0.2, 0) is 54.5 Å². The monoisotopic (exact) mass is 860 g/mol. The number of benzene rings is 6. The molecule has 0 atom stereocenters. The Bertz CT molecular complexity index is 2190. The highest BCUT2D eigenvalue weighted by atomic mass is 16.5. The van der Waals surface area contributed by atoms with Gasteiger partial charge < -0.3 is 14.2 Å². The Hall–Kier alpha value is -6.86. The smallest absolute Gasteiger partial charge is 0.315 e. The summed E-state index contributed by atoms with van der Waals surface area (Å²) < 4.78 is 15.5. The van der Waals surface area contributed by atoms with E-state index in [0.717, 1.165) is 58.1 Å². The lowest BCUT2D eigenvalue weighted by molar-refractivity contribution is -0.144. The molecule has 0 radical (unpaired) electrons. The van der Waals surface area contributed by atoms with Crippen LogP contribution in [0.3, 0.4) is 0 Å². The van der Waals surface area contributed by atoms with Crippen LogP contribution in [-0.4, -0.2) is 30.8 Å². The number of allylic oxidation sites excluding steroid dienone is 1. The van der Waals surface area contributed by atoms with Crippen LogP contribution < -0.4 is 4.74 Å². The molecule has 6 aromatic rings. The van der Waals surface area contributed by atoms with E-state index in [4.69, 9.17) is 14.2 Å². The zero-order valence-corrected chi connectivity index (χ0v) is 37.9. The zero-order chi connectivity index (χ0) is 46.0. The lowest BCUT2D eigenvalue weighted by atomic mass is 10.0. The van der Waals surface area contributed by atoms with Crippen molar-refractivity contribution in [2.75, 3.05) is 6.61 Å². The number of carbonyl (C=O) groups excluding carboxylic acids is 4. The maximum atomic E-state index is 11.6. The van der Waals surface area contributed by atoms with Gasteiger partial charge in [0.15, 0.2) is 0 Å². The number of carbonyl (C=O) groups is 4. The first-order valence-corrected chi connectivity index (χ1v) is 22.1. The number of unbranched alkanes of at least 4 members (excludes halogenated alkanes) is 3. The second-order valence-corrected chi connectivity index (χ2v) is 15.6. The van der Waals surface area contributed by atoms with E-state index in [1.165, 1.54) is 19.3 Å². The predicted molar refractivity (Wildman–Crippen MR) is 259 cm³/mol. The molecule has 0 aliphatic heterocycles. The van der Waals surface area contributed by atoms with Crippen molar-refractivity contribution in [3.63, 3.8) is 0 Å². The van der Waals surface area contributed by atoms with Crippen molar-refractivity contribution in [1.82, 2.24) is 0 Å².